The average Bonchev–Trinajstić information content (AvgIpc) is 2.67. The molecule has 0 saturated heterocycles. The number of fused-ring (bicyclic) bond motifs is 1. The number of nitrogens with zero attached hydrogens (tertiary/aromatic N) is 1. The molecule has 1 aliphatic rings. The molecule has 28 heavy (non-hydrogen) atoms. The number of non-ortho nitro benzene ring substituents is 1. The molecular formula is C17H12Cl2N2O7. The lowest BCUT2D eigenvalue weighted by atomic mass is 10.2. The minimum absolute atomic E-state index is 0.0208. The molecule has 0 bridgehead atoms. The van der Waals surface area contributed by atoms with E-state index in [4.69, 9.17) is 37.4 Å². The van der Waals surface area contributed by atoms with Crippen LogP contribution in [0.15, 0.2) is 30.3 Å². The van der Waals surface area contributed by atoms with Gasteiger partial charge < -0.3 is 19.5 Å². The minimum atomic E-state index is -0.788. The summed E-state index contributed by atoms with van der Waals surface area (Å²) in [5.74, 6) is -0.806. The van der Waals surface area contributed by atoms with Crippen molar-refractivity contribution in [3.05, 3.63) is 56.1 Å². The number of carbonyl (C=O) groups excluding carboxylic acids is 2. The fraction of sp³-hybridized carbons (Fsp3) is 0.176. The molecule has 0 aromatic heterocycles. The van der Waals surface area contributed by atoms with Gasteiger partial charge in [-0.05, 0) is 18.2 Å². The Morgan fingerprint density at radius 2 is 1.89 bits per heavy atom. The van der Waals surface area contributed by atoms with Crippen molar-refractivity contribution in [1.29, 1.82) is 0 Å². The van der Waals surface area contributed by atoms with Crippen molar-refractivity contribution >= 4 is 46.5 Å². The highest BCUT2D eigenvalue weighted by atomic mass is 35.5. The third kappa shape index (κ3) is 4.44. The first-order valence-corrected chi connectivity index (χ1v) is 8.61. The molecule has 146 valence electrons. The molecule has 0 radical (unpaired) electrons. The number of hydrogen-bond acceptors (Lipinski definition) is 7. The molecule has 1 aliphatic heterocycles. The number of nitro benzene ring substituents is 1. The highest BCUT2D eigenvalue weighted by Gasteiger charge is 2.20. The molecule has 1 N–H and O–H groups in total. The van der Waals surface area contributed by atoms with Crippen molar-refractivity contribution in [3.63, 3.8) is 0 Å². The van der Waals surface area contributed by atoms with Gasteiger partial charge in [-0.2, -0.15) is 0 Å². The zero-order valence-corrected chi connectivity index (χ0v) is 15.6. The Hall–Kier alpha value is -3.04. The molecule has 0 fully saturated rings. The average molecular weight is 427 g/mol. The fourth-order valence-corrected chi connectivity index (χ4v) is 2.84. The summed E-state index contributed by atoms with van der Waals surface area (Å²) in [6.07, 6.45) is 0. The molecule has 0 atom stereocenters. The molecule has 3 rings (SSSR count). The van der Waals surface area contributed by atoms with Gasteiger partial charge in [-0.15, -0.1) is 0 Å². The number of hydrogen-bond donors (Lipinski definition) is 1. The van der Waals surface area contributed by atoms with Crippen LogP contribution in [-0.2, 0) is 9.53 Å². The molecule has 0 spiro atoms. The van der Waals surface area contributed by atoms with Crippen LogP contribution in [0.2, 0.25) is 10.0 Å². The van der Waals surface area contributed by atoms with Gasteiger partial charge >= 0.3 is 5.97 Å². The molecule has 0 saturated carbocycles. The van der Waals surface area contributed by atoms with E-state index in [0.717, 1.165) is 6.07 Å². The summed E-state index contributed by atoms with van der Waals surface area (Å²) in [5, 5.41) is 13.3. The van der Waals surface area contributed by atoms with Gasteiger partial charge in [0, 0.05) is 12.1 Å². The van der Waals surface area contributed by atoms with E-state index in [1.165, 1.54) is 24.3 Å². The largest absolute Gasteiger partial charge is 0.486 e. The van der Waals surface area contributed by atoms with Crippen LogP contribution in [0.5, 0.6) is 11.5 Å². The maximum Gasteiger partial charge on any atom is 0.338 e. The van der Waals surface area contributed by atoms with E-state index < -0.39 is 23.4 Å². The zero-order chi connectivity index (χ0) is 20.3. The van der Waals surface area contributed by atoms with Crippen molar-refractivity contribution < 1.29 is 28.7 Å². The third-order valence-electron chi connectivity index (χ3n) is 3.60. The zero-order valence-electron chi connectivity index (χ0n) is 14.1. The lowest BCUT2D eigenvalue weighted by Crippen LogP contribution is -2.21. The molecule has 2 aromatic rings. The number of halogens is 2. The molecule has 0 aliphatic carbocycles. The van der Waals surface area contributed by atoms with Gasteiger partial charge in [0.25, 0.3) is 11.6 Å². The monoisotopic (exact) mass is 426 g/mol. The quantitative estimate of drug-likeness (QED) is 0.441. The summed E-state index contributed by atoms with van der Waals surface area (Å²) >= 11 is 12.0. The molecule has 1 amide bonds. The lowest BCUT2D eigenvalue weighted by Gasteiger charge is -2.19. The standard InChI is InChI=1S/C17H12Cl2N2O7/c18-11-7-10(21(24)25)1-2-13(11)20-15(22)8-28-17(23)9-5-12(19)16-14(6-9)26-3-4-27-16/h1-2,5-7H,3-4,8H2,(H,20,22). The Morgan fingerprint density at radius 3 is 2.61 bits per heavy atom. The summed E-state index contributed by atoms with van der Waals surface area (Å²) in [7, 11) is 0. The number of nitrogens with one attached hydrogen (secondary N) is 1. The van der Waals surface area contributed by atoms with Crippen molar-refractivity contribution in [2.45, 2.75) is 0 Å². The van der Waals surface area contributed by atoms with Gasteiger partial charge in [-0.3, -0.25) is 14.9 Å². The van der Waals surface area contributed by atoms with Gasteiger partial charge in [-0.25, -0.2) is 4.79 Å². The van der Waals surface area contributed by atoms with Crippen LogP contribution in [0.25, 0.3) is 0 Å². The first-order chi connectivity index (χ1) is 13.3. The molecule has 11 heteroatoms. The highest BCUT2D eigenvalue weighted by molar-refractivity contribution is 6.34. The van der Waals surface area contributed by atoms with Gasteiger partial charge in [0.1, 0.15) is 13.2 Å². The number of amides is 1. The predicted octanol–water partition coefficient (Wildman–Crippen LogP) is 3.47. The second kappa shape index (κ2) is 8.32. The second-order valence-corrected chi connectivity index (χ2v) is 6.34. The van der Waals surface area contributed by atoms with E-state index in [1.807, 2.05) is 0 Å². The van der Waals surface area contributed by atoms with Gasteiger partial charge in [0.15, 0.2) is 18.1 Å². The van der Waals surface area contributed by atoms with E-state index in [1.54, 1.807) is 0 Å². The van der Waals surface area contributed by atoms with Crippen LogP contribution in [-0.4, -0.2) is 36.6 Å². The maximum atomic E-state index is 12.2. The van der Waals surface area contributed by atoms with E-state index in [-0.39, 0.29) is 27.0 Å². The number of benzene rings is 2. The number of esters is 1. The van der Waals surface area contributed by atoms with Crippen molar-refractivity contribution in [1.82, 2.24) is 0 Å². The lowest BCUT2D eigenvalue weighted by molar-refractivity contribution is -0.384. The van der Waals surface area contributed by atoms with Crippen molar-refractivity contribution in [2.24, 2.45) is 0 Å². The SMILES string of the molecule is O=C(COC(=O)c1cc(Cl)c2c(c1)OCCO2)Nc1ccc([N+](=O)[O-])cc1Cl. The van der Waals surface area contributed by atoms with E-state index in [2.05, 4.69) is 5.32 Å². The molecule has 9 nitrogen and oxygen atoms in total. The Morgan fingerprint density at radius 1 is 1.14 bits per heavy atom. The van der Waals surface area contributed by atoms with Crippen molar-refractivity contribution in [2.75, 3.05) is 25.1 Å². The molecular weight excluding hydrogens is 415 g/mol. The molecule has 2 aromatic carbocycles. The van der Waals surface area contributed by atoms with Crippen LogP contribution in [0.1, 0.15) is 10.4 Å². The Labute approximate surface area is 168 Å². The Balaban J connectivity index is 1.61. The summed E-state index contributed by atoms with van der Waals surface area (Å²) in [4.78, 5) is 34.2. The second-order valence-electron chi connectivity index (χ2n) is 5.53. The fourth-order valence-electron chi connectivity index (χ4n) is 2.35. The van der Waals surface area contributed by atoms with E-state index in [9.17, 15) is 19.7 Å². The van der Waals surface area contributed by atoms with Gasteiger partial charge in [-0.1, -0.05) is 23.2 Å². The smallest absolute Gasteiger partial charge is 0.338 e. The Bertz CT molecular complexity index is 965. The van der Waals surface area contributed by atoms with Crippen molar-refractivity contribution in [3.8, 4) is 11.5 Å². The van der Waals surface area contributed by atoms with E-state index >= 15 is 0 Å². The first-order valence-electron chi connectivity index (χ1n) is 7.85. The number of carbonyl (C=O) groups is 2. The van der Waals surface area contributed by atoms with Crippen LogP contribution in [0, 0.1) is 10.1 Å². The van der Waals surface area contributed by atoms with E-state index in [0.29, 0.717) is 24.7 Å². The third-order valence-corrected chi connectivity index (χ3v) is 4.20. The predicted molar refractivity (Wildman–Crippen MR) is 99.5 cm³/mol. The summed E-state index contributed by atoms with van der Waals surface area (Å²) < 4.78 is 15.7. The topological polar surface area (TPSA) is 117 Å². The number of rotatable bonds is 5. The number of nitro groups is 1. The molecule has 1 heterocycles. The summed E-state index contributed by atoms with van der Waals surface area (Å²) in [6.45, 7) is 0.0698. The first kappa shape index (κ1) is 19.7. The van der Waals surface area contributed by atoms with Gasteiger partial charge in [0.2, 0.25) is 0 Å². The maximum absolute atomic E-state index is 12.2. The van der Waals surface area contributed by atoms with Crippen LogP contribution in [0.4, 0.5) is 11.4 Å². The van der Waals surface area contributed by atoms with Gasteiger partial charge in [0.05, 0.1) is 26.2 Å². The van der Waals surface area contributed by atoms with Crippen LogP contribution < -0.4 is 14.8 Å². The Kier molecular flexibility index (Phi) is 5.86. The molecule has 0 unspecified atom stereocenters. The minimum Gasteiger partial charge on any atom is -0.486 e. The van der Waals surface area contributed by atoms with Crippen LogP contribution in [0.3, 0.4) is 0 Å². The summed E-state index contributed by atoms with van der Waals surface area (Å²) in [6, 6.07) is 6.32. The number of ether oxygens (including phenoxy) is 3. The van der Waals surface area contributed by atoms with Crippen LogP contribution >= 0.6 is 23.2 Å². The number of anilines is 1. The normalized spacial score (nSPS) is 12.2. The summed E-state index contributed by atoms with van der Waals surface area (Å²) in [5.41, 5.74) is 0.0241. The highest BCUT2D eigenvalue weighted by Crippen LogP contribution is 2.38.